The first kappa shape index (κ1) is 33.5. The van der Waals surface area contributed by atoms with Gasteiger partial charge in [0.1, 0.15) is 0 Å². The Morgan fingerprint density at radius 3 is 1.44 bits per heavy atom. The van der Waals surface area contributed by atoms with Gasteiger partial charge in [0.15, 0.2) is 24.3 Å². The third-order valence-corrected chi connectivity index (χ3v) is 21.6. The number of hydrogen-bond acceptors (Lipinski definition) is 5. The average molecular weight is 699 g/mol. The van der Waals surface area contributed by atoms with Crippen LogP contribution in [-0.2, 0) is 24.1 Å². The minimum atomic E-state index is -4.23. The van der Waals surface area contributed by atoms with Crippen molar-refractivity contribution in [1.29, 1.82) is 0 Å². The van der Waals surface area contributed by atoms with Gasteiger partial charge in [0, 0.05) is 0 Å². The zero-order valence-electron chi connectivity index (χ0n) is 28.1. The summed E-state index contributed by atoms with van der Waals surface area (Å²) in [6, 6.07) is 37.6. The van der Waals surface area contributed by atoms with Crippen LogP contribution in [0.3, 0.4) is 0 Å². The molecule has 8 rings (SSSR count). The van der Waals surface area contributed by atoms with Crippen molar-refractivity contribution in [3.05, 3.63) is 121 Å². The first-order valence-corrected chi connectivity index (χ1v) is 22.2. The Hall–Kier alpha value is -3.04. The minimum absolute atomic E-state index is 0.0532. The highest BCUT2D eigenvalue weighted by atomic mass is 32.3. The topological polar surface area (TPSA) is 77.5 Å². The second-order valence-electron chi connectivity index (χ2n) is 15.8. The van der Waals surface area contributed by atoms with Gasteiger partial charge in [-0.05, 0) is 102 Å². The lowest BCUT2D eigenvalue weighted by Gasteiger charge is -2.64. The summed E-state index contributed by atoms with van der Waals surface area (Å²) >= 11 is 0. The molecule has 4 saturated carbocycles. The summed E-state index contributed by atoms with van der Waals surface area (Å²) in [7, 11) is -11.4. The molecule has 0 amide bonds. The van der Waals surface area contributed by atoms with E-state index in [0.29, 0.717) is 18.3 Å². The van der Waals surface area contributed by atoms with E-state index in [2.05, 4.69) is 81.4 Å². The Morgan fingerprint density at radius 1 is 0.646 bits per heavy atom. The number of rotatable bonds is 10. The SMILES string of the molecule is CC(C)(C)[Si](OC12CC3CC(CC(CC(S(=O)(=O)c4ccccc4)S(=O)(=O)c4ccccc4)(C3)C1)C2)(c1ccccc1)c1ccccc1. The van der Waals surface area contributed by atoms with Gasteiger partial charge >= 0.3 is 0 Å². The van der Waals surface area contributed by atoms with Crippen LogP contribution >= 0.6 is 0 Å². The van der Waals surface area contributed by atoms with E-state index >= 15 is 0 Å². The van der Waals surface area contributed by atoms with E-state index < -0.39 is 43.6 Å². The van der Waals surface area contributed by atoms with Crippen LogP contribution in [0.4, 0.5) is 0 Å². The van der Waals surface area contributed by atoms with E-state index in [0.717, 1.165) is 32.1 Å². The zero-order valence-corrected chi connectivity index (χ0v) is 30.7. The van der Waals surface area contributed by atoms with Crippen molar-refractivity contribution >= 4 is 38.4 Å². The van der Waals surface area contributed by atoms with Gasteiger partial charge in [-0.2, -0.15) is 0 Å². The molecule has 48 heavy (non-hydrogen) atoms. The molecule has 4 aromatic rings. The van der Waals surface area contributed by atoms with Crippen LogP contribution in [0.25, 0.3) is 0 Å². The molecule has 0 radical (unpaired) electrons. The molecule has 4 aliphatic rings. The van der Waals surface area contributed by atoms with Gasteiger partial charge in [-0.3, -0.25) is 0 Å². The maximum atomic E-state index is 14.5. The summed E-state index contributed by atoms with van der Waals surface area (Å²) in [5, 5.41) is 2.25. The van der Waals surface area contributed by atoms with Crippen LogP contribution < -0.4 is 10.4 Å². The number of benzene rings is 4. The molecule has 0 spiro atoms. The van der Waals surface area contributed by atoms with E-state index in [9.17, 15) is 16.8 Å². The van der Waals surface area contributed by atoms with Crippen molar-refractivity contribution in [3.8, 4) is 0 Å². The predicted octanol–water partition coefficient (Wildman–Crippen LogP) is 7.57. The fourth-order valence-electron chi connectivity index (χ4n) is 9.96. The van der Waals surface area contributed by atoms with Gasteiger partial charge < -0.3 is 4.43 Å². The summed E-state index contributed by atoms with van der Waals surface area (Å²) in [6.07, 6.45) is 5.35. The van der Waals surface area contributed by atoms with Gasteiger partial charge in [0.2, 0.25) is 0 Å². The molecule has 0 saturated heterocycles. The smallest absolute Gasteiger partial charge is 0.261 e. The molecule has 0 aliphatic heterocycles. The molecular weight excluding hydrogens is 653 g/mol. The third-order valence-electron chi connectivity index (χ3n) is 11.4. The number of hydrogen-bond donors (Lipinski definition) is 0. The van der Waals surface area contributed by atoms with Crippen LogP contribution in [0.2, 0.25) is 5.04 Å². The maximum Gasteiger partial charge on any atom is 0.261 e. The van der Waals surface area contributed by atoms with E-state index in [4.69, 9.17) is 4.43 Å². The lowest BCUT2D eigenvalue weighted by atomic mass is 9.47. The van der Waals surface area contributed by atoms with Crippen molar-refractivity contribution in [2.45, 2.75) is 90.7 Å². The Morgan fingerprint density at radius 2 is 1.04 bits per heavy atom. The van der Waals surface area contributed by atoms with Gasteiger partial charge in [-0.25, -0.2) is 16.8 Å². The highest BCUT2D eigenvalue weighted by Gasteiger charge is 2.64. The Balaban J connectivity index is 1.34. The normalized spacial score (nSPS) is 25.8. The van der Waals surface area contributed by atoms with Gasteiger partial charge in [-0.1, -0.05) is 118 Å². The summed E-state index contributed by atoms with van der Waals surface area (Å²) in [5.41, 5.74) is -0.934. The molecule has 5 nitrogen and oxygen atoms in total. The van der Waals surface area contributed by atoms with Crippen LogP contribution in [0, 0.1) is 17.3 Å². The van der Waals surface area contributed by atoms with Crippen molar-refractivity contribution in [1.82, 2.24) is 0 Å². The Labute approximate surface area is 287 Å². The molecule has 4 aromatic carbocycles. The zero-order chi connectivity index (χ0) is 33.8. The second-order valence-corrected chi connectivity index (χ2v) is 24.5. The van der Waals surface area contributed by atoms with Crippen molar-refractivity contribution in [3.63, 3.8) is 0 Å². The molecule has 0 heterocycles. The quantitative estimate of drug-likeness (QED) is 0.160. The van der Waals surface area contributed by atoms with Crippen molar-refractivity contribution in [2.75, 3.05) is 0 Å². The molecule has 252 valence electrons. The van der Waals surface area contributed by atoms with Gasteiger partial charge in [0.25, 0.3) is 8.32 Å². The summed E-state index contributed by atoms with van der Waals surface area (Å²) in [5.74, 6) is 0.730. The first-order chi connectivity index (χ1) is 22.8. The highest BCUT2D eigenvalue weighted by molar-refractivity contribution is 8.09. The van der Waals surface area contributed by atoms with E-state index in [1.54, 1.807) is 36.4 Å². The standard InChI is InChI=1S/C40H46O5S2Si/c1-38(2,3)48(35-20-12-6-13-21-35,36-22-14-7-15-23-36)45-40-27-31-24-32(28-40)26-39(25-31,30-40)29-37(46(41,42)33-16-8-4-9-17-33)47(43,44)34-18-10-5-11-19-34/h4-23,31-32,37H,24-30H2,1-3H3. The van der Waals surface area contributed by atoms with Crippen LogP contribution in [-0.4, -0.2) is 35.3 Å². The van der Waals surface area contributed by atoms with Gasteiger partial charge in [0.05, 0.1) is 15.4 Å². The lowest BCUT2D eigenvalue weighted by molar-refractivity contribution is -0.155. The fourth-order valence-corrected chi connectivity index (χ4v) is 19.6. The molecular formula is C40H46O5S2Si. The molecule has 4 fully saturated rings. The van der Waals surface area contributed by atoms with Crippen LogP contribution in [0.15, 0.2) is 131 Å². The molecule has 4 bridgehead atoms. The third kappa shape index (κ3) is 5.72. The van der Waals surface area contributed by atoms with E-state index in [-0.39, 0.29) is 21.3 Å². The minimum Gasteiger partial charge on any atom is -0.402 e. The maximum absolute atomic E-state index is 14.5. The molecule has 0 aromatic heterocycles. The summed E-state index contributed by atoms with van der Waals surface area (Å²) < 4.78 is 64.3. The van der Waals surface area contributed by atoms with Crippen molar-refractivity contribution in [2.24, 2.45) is 17.3 Å². The Kier molecular flexibility index (Phi) is 8.42. The highest BCUT2D eigenvalue weighted by Crippen LogP contribution is 2.66. The van der Waals surface area contributed by atoms with E-state index in [1.165, 1.54) is 34.6 Å². The second kappa shape index (κ2) is 12.1. The monoisotopic (exact) mass is 698 g/mol. The number of sulfone groups is 2. The van der Waals surface area contributed by atoms with Crippen molar-refractivity contribution < 1.29 is 21.3 Å². The molecule has 8 heteroatoms. The van der Waals surface area contributed by atoms with Gasteiger partial charge in [-0.15, -0.1) is 0 Å². The molecule has 2 unspecified atom stereocenters. The molecule has 4 aliphatic carbocycles. The summed E-state index contributed by atoms with van der Waals surface area (Å²) in [4.78, 5) is 0.106. The van der Waals surface area contributed by atoms with Crippen LogP contribution in [0.1, 0.15) is 65.7 Å². The molecule has 2 atom stereocenters. The van der Waals surface area contributed by atoms with E-state index in [1.807, 2.05) is 0 Å². The van der Waals surface area contributed by atoms with Crippen LogP contribution in [0.5, 0.6) is 0 Å². The summed E-state index contributed by atoms with van der Waals surface area (Å²) in [6.45, 7) is 6.89. The largest absolute Gasteiger partial charge is 0.402 e. The molecule has 0 N–H and O–H groups in total. The fraction of sp³-hybridized carbons (Fsp3) is 0.400. The predicted molar refractivity (Wildman–Crippen MR) is 194 cm³/mol. The first-order valence-electron chi connectivity index (χ1n) is 17.2. The lowest BCUT2D eigenvalue weighted by Crippen LogP contribution is -2.72. The Bertz CT molecular complexity index is 1840. The average Bonchev–Trinajstić information content (AvgIpc) is 3.06.